The summed E-state index contributed by atoms with van der Waals surface area (Å²) >= 11 is 0. The van der Waals surface area contributed by atoms with Crippen molar-refractivity contribution in [2.45, 2.75) is 24.2 Å². The Balaban J connectivity index is 1.84. The first-order valence-corrected chi connectivity index (χ1v) is 9.16. The molecule has 0 amide bonds. The molecule has 2 aromatic carbocycles. The van der Waals surface area contributed by atoms with Gasteiger partial charge in [0.15, 0.2) is 0 Å². The van der Waals surface area contributed by atoms with Crippen LogP contribution < -0.4 is 4.74 Å². The smallest absolute Gasteiger partial charge is 0.243 e. The largest absolute Gasteiger partial charge is 0.497 e. The van der Waals surface area contributed by atoms with Crippen molar-refractivity contribution in [2.24, 2.45) is 0 Å². The van der Waals surface area contributed by atoms with Crippen LogP contribution in [-0.2, 0) is 10.0 Å². The van der Waals surface area contributed by atoms with Gasteiger partial charge in [-0.15, -0.1) is 0 Å². The van der Waals surface area contributed by atoms with Crippen LogP contribution in [-0.4, -0.2) is 32.9 Å². The lowest BCUT2D eigenvalue weighted by molar-refractivity contribution is 0.412. The molecule has 1 saturated heterocycles. The summed E-state index contributed by atoms with van der Waals surface area (Å²) in [7, 11) is -1.93. The molecule has 0 aromatic heterocycles. The van der Waals surface area contributed by atoms with Crippen molar-refractivity contribution in [1.82, 2.24) is 4.31 Å². The van der Waals surface area contributed by atoms with E-state index in [4.69, 9.17) is 4.74 Å². The average molecular weight is 331 g/mol. The van der Waals surface area contributed by atoms with E-state index < -0.39 is 10.0 Å². The molecule has 1 atom stereocenters. The molecule has 0 spiro atoms. The van der Waals surface area contributed by atoms with E-state index in [0.717, 1.165) is 6.42 Å². The standard InChI is InChI=1S/C18H21NO3S/c1-14-6-3-4-9-18(14)15-10-11-19(13-15)23(20,21)17-8-5-7-16(12-17)22-2/h3-9,12,15H,10-11,13H2,1-2H3. The summed E-state index contributed by atoms with van der Waals surface area (Å²) in [5.41, 5.74) is 2.47. The zero-order valence-electron chi connectivity index (χ0n) is 13.4. The zero-order chi connectivity index (χ0) is 16.4. The van der Waals surface area contributed by atoms with E-state index in [1.807, 2.05) is 12.1 Å². The Labute approximate surface area is 137 Å². The maximum Gasteiger partial charge on any atom is 0.243 e. The second kappa shape index (κ2) is 6.34. The minimum absolute atomic E-state index is 0.261. The second-order valence-corrected chi connectivity index (χ2v) is 7.82. The molecule has 0 N–H and O–H groups in total. The van der Waals surface area contributed by atoms with Crippen molar-refractivity contribution in [3.8, 4) is 5.75 Å². The third-order valence-electron chi connectivity index (χ3n) is 4.46. The highest BCUT2D eigenvalue weighted by Crippen LogP contribution is 2.33. The number of methoxy groups -OCH3 is 1. The molecular weight excluding hydrogens is 310 g/mol. The van der Waals surface area contributed by atoms with Crippen molar-refractivity contribution in [1.29, 1.82) is 0 Å². The first-order valence-electron chi connectivity index (χ1n) is 7.72. The summed E-state index contributed by atoms with van der Waals surface area (Å²) in [6.45, 7) is 3.16. The molecule has 4 nitrogen and oxygen atoms in total. The Bertz CT molecular complexity index is 801. The number of sulfonamides is 1. The zero-order valence-corrected chi connectivity index (χ0v) is 14.2. The molecule has 0 aliphatic carbocycles. The monoisotopic (exact) mass is 331 g/mol. The third-order valence-corrected chi connectivity index (χ3v) is 6.32. The molecule has 5 heteroatoms. The van der Waals surface area contributed by atoms with Gasteiger partial charge in [-0.3, -0.25) is 0 Å². The maximum atomic E-state index is 12.8. The lowest BCUT2D eigenvalue weighted by Gasteiger charge is -2.18. The molecular formula is C18H21NO3S. The Morgan fingerprint density at radius 1 is 1.13 bits per heavy atom. The van der Waals surface area contributed by atoms with Gasteiger partial charge in [-0.05, 0) is 42.5 Å². The molecule has 122 valence electrons. The van der Waals surface area contributed by atoms with Gasteiger partial charge in [-0.2, -0.15) is 4.31 Å². The normalized spacial score (nSPS) is 19.0. The van der Waals surface area contributed by atoms with Crippen molar-refractivity contribution in [3.05, 3.63) is 59.7 Å². The summed E-state index contributed by atoms with van der Waals surface area (Å²) < 4.78 is 32.4. The summed E-state index contributed by atoms with van der Waals surface area (Å²) in [5, 5.41) is 0. The number of aryl methyl sites for hydroxylation is 1. The molecule has 1 aliphatic heterocycles. The van der Waals surface area contributed by atoms with Crippen molar-refractivity contribution in [2.75, 3.05) is 20.2 Å². The van der Waals surface area contributed by atoms with Gasteiger partial charge in [0.05, 0.1) is 12.0 Å². The van der Waals surface area contributed by atoms with Gasteiger partial charge in [0.2, 0.25) is 10.0 Å². The lowest BCUT2D eigenvalue weighted by Crippen LogP contribution is -2.28. The van der Waals surface area contributed by atoms with Gasteiger partial charge in [0.1, 0.15) is 5.75 Å². The van der Waals surface area contributed by atoms with Crippen LogP contribution in [0.25, 0.3) is 0 Å². The Hall–Kier alpha value is -1.85. The summed E-state index contributed by atoms with van der Waals surface area (Å²) in [5.74, 6) is 0.817. The Morgan fingerprint density at radius 2 is 1.91 bits per heavy atom. The molecule has 1 unspecified atom stereocenters. The fourth-order valence-corrected chi connectivity index (χ4v) is 4.69. The molecule has 1 aliphatic rings. The van der Waals surface area contributed by atoms with E-state index in [2.05, 4.69) is 19.1 Å². The van der Waals surface area contributed by atoms with Gasteiger partial charge < -0.3 is 4.74 Å². The van der Waals surface area contributed by atoms with Crippen LogP contribution in [0.15, 0.2) is 53.4 Å². The fraction of sp³-hybridized carbons (Fsp3) is 0.333. The van der Waals surface area contributed by atoms with Crippen LogP contribution in [0.5, 0.6) is 5.75 Å². The van der Waals surface area contributed by atoms with Crippen LogP contribution >= 0.6 is 0 Å². The number of rotatable bonds is 4. The molecule has 1 heterocycles. The summed E-state index contributed by atoms with van der Waals surface area (Å²) in [4.78, 5) is 0.294. The number of nitrogens with zero attached hydrogens (tertiary/aromatic N) is 1. The number of hydrogen-bond donors (Lipinski definition) is 0. The van der Waals surface area contributed by atoms with Crippen LogP contribution in [0.4, 0.5) is 0 Å². The topological polar surface area (TPSA) is 46.6 Å². The average Bonchev–Trinajstić information content (AvgIpc) is 3.06. The van der Waals surface area contributed by atoms with E-state index in [1.54, 1.807) is 28.6 Å². The van der Waals surface area contributed by atoms with E-state index in [9.17, 15) is 8.42 Å². The fourth-order valence-electron chi connectivity index (χ4n) is 3.16. The van der Waals surface area contributed by atoms with Gasteiger partial charge in [0, 0.05) is 19.2 Å². The van der Waals surface area contributed by atoms with Crippen molar-refractivity contribution in [3.63, 3.8) is 0 Å². The predicted molar refractivity (Wildman–Crippen MR) is 90.3 cm³/mol. The van der Waals surface area contributed by atoms with Gasteiger partial charge in [-0.25, -0.2) is 8.42 Å². The molecule has 2 aromatic rings. The van der Waals surface area contributed by atoms with Crippen LogP contribution in [0, 0.1) is 6.92 Å². The lowest BCUT2D eigenvalue weighted by atomic mass is 9.94. The highest BCUT2D eigenvalue weighted by molar-refractivity contribution is 7.89. The molecule has 0 bridgehead atoms. The Kier molecular flexibility index (Phi) is 4.41. The molecule has 3 rings (SSSR count). The van der Waals surface area contributed by atoms with E-state index in [-0.39, 0.29) is 5.92 Å². The van der Waals surface area contributed by atoms with Crippen LogP contribution in [0.1, 0.15) is 23.5 Å². The molecule has 0 saturated carbocycles. The van der Waals surface area contributed by atoms with Gasteiger partial charge in [0.25, 0.3) is 0 Å². The van der Waals surface area contributed by atoms with Crippen molar-refractivity contribution >= 4 is 10.0 Å². The number of hydrogen-bond acceptors (Lipinski definition) is 3. The maximum absolute atomic E-state index is 12.8. The van der Waals surface area contributed by atoms with Gasteiger partial charge >= 0.3 is 0 Å². The van der Waals surface area contributed by atoms with Crippen LogP contribution in [0.2, 0.25) is 0 Å². The van der Waals surface area contributed by atoms with Crippen molar-refractivity contribution < 1.29 is 13.2 Å². The minimum atomic E-state index is -3.47. The third kappa shape index (κ3) is 3.12. The predicted octanol–water partition coefficient (Wildman–Crippen LogP) is 3.18. The molecule has 0 radical (unpaired) electrons. The second-order valence-electron chi connectivity index (χ2n) is 5.88. The number of benzene rings is 2. The first kappa shape index (κ1) is 16.0. The molecule has 23 heavy (non-hydrogen) atoms. The van der Waals surface area contributed by atoms with Gasteiger partial charge in [-0.1, -0.05) is 30.3 Å². The Morgan fingerprint density at radius 3 is 2.65 bits per heavy atom. The summed E-state index contributed by atoms with van der Waals surface area (Å²) in [6.07, 6.45) is 0.855. The quantitative estimate of drug-likeness (QED) is 0.864. The minimum Gasteiger partial charge on any atom is -0.497 e. The van der Waals surface area contributed by atoms with E-state index in [1.165, 1.54) is 18.2 Å². The first-order chi connectivity index (χ1) is 11.0. The molecule has 1 fully saturated rings. The highest BCUT2D eigenvalue weighted by atomic mass is 32.2. The van der Waals surface area contributed by atoms with E-state index >= 15 is 0 Å². The van der Waals surface area contributed by atoms with E-state index in [0.29, 0.717) is 23.7 Å². The number of ether oxygens (including phenoxy) is 1. The highest BCUT2D eigenvalue weighted by Gasteiger charge is 2.33. The SMILES string of the molecule is COc1cccc(S(=O)(=O)N2CCC(c3ccccc3C)C2)c1. The summed E-state index contributed by atoms with van der Waals surface area (Å²) in [6, 6.07) is 14.9. The van der Waals surface area contributed by atoms with Crippen LogP contribution in [0.3, 0.4) is 0 Å².